The second kappa shape index (κ2) is 4.83. The number of hydrogen-bond donors (Lipinski definition) is 1. The summed E-state index contributed by atoms with van der Waals surface area (Å²) in [5, 5.41) is 3.57. The van der Waals surface area contributed by atoms with E-state index in [0.717, 1.165) is 0 Å². The van der Waals surface area contributed by atoms with E-state index in [1.807, 2.05) is 7.11 Å². The van der Waals surface area contributed by atoms with Gasteiger partial charge in [-0.2, -0.15) is 0 Å². The molecule has 1 fully saturated rings. The van der Waals surface area contributed by atoms with E-state index >= 15 is 0 Å². The summed E-state index contributed by atoms with van der Waals surface area (Å²) in [5.74, 6) is 0. The van der Waals surface area contributed by atoms with Gasteiger partial charge in [-0.3, -0.25) is 0 Å². The van der Waals surface area contributed by atoms with Gasteiger partial charge >= 0.3 is 0 Å². The van der Waals surface area contributed by atoms with E-state index in [2.05, 4.69) is 19.2 Å². The minimum Gasteiger partial charge on any atom is -0.381 e. The molecule has 12 heavy (non-hydrogen) atoms. The molecule has 1 N–H and O–H groups in total. The van der Waals surface area contributed by atoms with Crippen LogP contribution < -0.4 is 5.32 Å². The molecule has 0 heterocycles. The Morgan fingerprint density at radius 1 is 1.33 bits per heavy atom. The summed E-state index contributed by atoms with van der Waals surface area (Å²) in [6, 6.07) is 1.29. The van der Waals surface area contributed by atoms with Gasteiger partial charge in [0.05, 0.1) is 6.10 Å². The van der Waals surface area contributed by atoms with E-state index in [1.54, 1.807) is 0 Å². The van der Waals surface area contributed by atoms with Crippen LogP contribution in [0.25, 0.3) is 0 Å². The van der Waals surface area contributed by atoms with Gasteiger partial charge in [-0.05, 0) is 25.7 Å². The van der Waals surface area contributed by atoms with Gasteiger partial charge < -0.3 is 10.1 Å². The lowest BCUT2D eigenvalue weighted by Gasteiger charge is -2.30. The van der Waals surface area contributed by atoms with E-state index < -0.39 is 0 Å². The Morgan fingerprint density at radius 3 is 2.67 bits per heavy atom. The van der Waals surface area contributed by atoms with Gasteiger partial charge in [0.2, 0.25) is 0 Å². The molecule has 1 rings (SSSR count). The van der Waals surface area contributed by atoms with Crippen molar-refractivity contribution in [1.82, 2.24) is 5.32 Å². The molecule has 0 aromatic heterocycles. The van der Waals surface area contributed by atoms with Crippen molar-refractivity contribution in [2.75, 3.05) is 7.11 Å². The largest absolute Gasteiger partial charge is 0.381 e. The minimum absolute atomic E-state index is 0.495. The van der Waals surface area contributed by atoms with Crippen LogP contribution in [0.5, 0.6) is 0 Å². The molecule has 2 unspecified atom stereocenters. The molecule has 72 valence electrons. The number of methoxy groups -OCH3 is 1. The molecular formula is C10H21NO. The van der Waals surface area contributed by atoms with Crippen molar-refractivity contribution >= 4 is 0 Å². The summed E-state index contributed by atoms with van der Waals surface area (Å²) in [7, 11) is 1.82. The standard InChI is InChI=1S/C10H21NO/c1-8(2)11-9-5-4-6-10(7-9)12-3/h8-11H,4-7H2,1-3H3. The lowest BCUT2D eigenvalue weighted by Crippen LogP contribution is -2.40. The third kappa shape index (κ3) is 3.11. The Bertz CT molecular complexity index is 125. The van der Waals surface area contributed by atoms with Crippen molar-refractivity contribution < 1.29 is 4.74 Å². The topological polar surface area (TPSA) is 21.3 Å². The van der Waals surface area contributed by atoms with Crippen molar-refractivity contribution in [3.8, 4) is 0 Å². The maximum absolute atomic E-state index is 5.36. The van der Waals surface area contributed by atoms with E-state index in [1.165, 1.54) is 25.7 Å². The van der Waals surface area contributed by atoms with Crippen molar-refractivity contribution in [3.63, 3.8) is 0 Å². The fourth-order valence-electron chi connectivity index (χ4n) is 1.98. The molecule has 0 aromatic rings. The van der Waals surface area contributed by atoms with Crippen LogP contribution in [0.3, 0.4) is 0 Å². The highest BCUT2D eigenvalue weighted by molar-refractivity contribution is 4.79. The summed E-state index contributed by atoms with van der Waals surface area (Å²) in [6.07, 6.45) is 5.55. The molecule has 0 radical (unpaired) electrons. The number of nitrogens with one attached hydrogen (secondary N) is 1. The van der Waals surface area contributed by atoms with Gasteiger partial charge in [0.25, 0.3) is 0 Å². The first kappa shape index (κ1) is 10.0. The predicted molar refractivity (Wildman–Crippen MR) is 51.3 cm³/mol. The third-order valence-corrected chi connectivity index (χ3v) is 2.53. The maximum atomic E-state index is 5.36. The normalized spacial score (nSPS) is 31.0. The number of rotatable bonds is 3. The first-order valence-electron chi connectivity index (χ1n) is 5.01. The molecule has 0 spiro atoms. The first-order valence-corrected chi connectivity index (χ1v) is 5.01. The van der Waals surface area contributed by atoms with Crippen LogP contribution in [-0.4, -0.2) is 25.3 Å². The maximum Gasteiger partial charge on any atom is 0.0586 e. The van der Waals surface area contributed by atoms with Crippen LogP contribution in [0.4, 0.5) is 0 Å². The Morgan fingerprint density at radius 2 is 2.08 bits per heavy atom. The average molecular weight is 171 g/mol. The van der Waals surface area contributed by atoms with Crippen molar-refractivity contribution in [1.29, 1.82) is 0 Å². The summed E-state index contributed by atoms with van der Waals surface area (Å²) < 4.78 is 5.36. The van der Waals surface area contributed by atoms with E-state index in [4.69, 9.17) is 4.74 Å². The number of ether oxygens (including phenoxy) is 1. The lowest BCUT2D eigenvalue weighted by atomic mass is 9.92. The Balaban J connectivity index is 2.25. The molecule has 2 atom stereocenters. The Hall–Kier alpha value is -0.0800. The molecule has 1 aliphatic carbocycles. The number of hydrogen-bond acceptors (Lipinski definition) is 2. The second-order valence-electron chi connectivity index (χ2n) is 4.04. The fraction of sp³-hybridized carbons (Fsp3) is 1.00. The Labute approximate surface area is 75.7 Å². The van der Waals surface area contributed by atoms with Gasteiger partial charge in [-0.25, -0.2) is 0 Å². The smallest absolute Gasteiger partial charge is 0.0586 e. The second-order valence-corrected chi connectivity index (χ2v) is 4.04. The monoisotopic (exact) mass is 171 g/mol. The highest BCUT2D eigenvalue weighted by atomic mass is 16.5. The molecule has 1 aliphatic rings. The highest BCUT2D eigenvalue weighted by Gasteiger charge is 2.21. The summed E-state index contributed by atoms with van der Waals surface area (Å²) in [4.78, 5) is 0. The van der Waals surface area contributed by atoms with Crippen LogP contribution in [0.1, 0.15) is 39.5 Å². The molecule has 0 saturated heterocycles. The van der Waals surface area contributed by atoms with Crippen LogP contribution >= 0.6 is 0 Å². The van der Waals surface area contributed by atoms with E-state index in [0.29, 0.717) is 18.2 Å². The Kier molecular flexibility index (Phi) is 4.02. The SMILES string of the molecule is COC1CCCC(NC(C)C)C1. The molecule has 0 aromatic carbocycles. The summed E-state index contributed by atoms with van der Waals surface area (Å²) in [5.41, 5.74) is 0. The highest BCUT2D eigenvalue weighted by Crippen LogP contribution is 2.20. The van der Waals surface area contributed by atoms with E-state index in [-0.39, 0.29) is 0 Å². The van der Waals surface area contributed by atoms with Gasteiger partial charge in [0.15, 0.2) is 0 Å². The molecule has 2 heteroatoms. The lowest BCUT2D eigenvalue weighted by molar-refractivity contribution is 0.0576. The molecular weight excluding hydrogens is 150 g/mol. The van der Waals surface area contributed by atoms with Crippen molar-refractivity contribution in [2.24, 2.45) is 0 Å². The quantitative estimate of drug-likeness (QED) is 0.700. The van der Waals surface area contributed by atoms with Gasteiger partial charge in [0.1, 0.15) is 0 Å². The zero-order valence-electron chi connectivity index (χ0n) is 8.47. The minimum atomic E-state index is 0.495. The molecule has 2 nitrogen and oxygen atoms in total. The van der Waals surface area contributed by atoms with Crippen LogP contribution in [0, 0.1) is 0 Å². The third-order valence-electron chi connectivity index (χ3n) is 2.53. The summed E-state index contributed by atoms with van der Waals surface area (Å²) in [6.45, 7) is 4.41. The van der Waals surface area contributed by atoms with Gasteiger partial charge in [-0.1, -0.05) is 13.8 Å². The average Bonchev–Trinajstić information content (AvgIpc) is 2.03. The first-order chi connectivity index (χ1) is 5.72. The fourth-order valence-corrected chi connectivity index (χ4v) is 1.98. The summed E-state index contributed by atoms with van der Waals surface area (Å²) >= 11 is 0. The molecule has 0 bridgehead atoms. The molecule has 0 aliphatic heterocycles. The molecule has 0 amide bonds. The van der Waals surface area contributed by atoms with Crippen molar-refractivity contribution in [3.05, 3.63) is 0 Å². The van der Waals surface area contributed by atoms with Crippen LogP contribution in [0.15, 0.2) is 0 Å². The van der Waals surface area contributed by atoms with Gasteiger partial charge in [-0.15, -0.1) is 0 Å². The van der Waals surface area contributed by atoms with Crippen LogP contribution in [-0.2, 0) is 4.74 Å². The van der Waals surface area contributed by atoms with E-state index in [9.17, 15) is 0 Å². The predicted octanol–water partition coefficient (Wildman–Crippen LogP) is 1.94. The zero-order valence-corrected chi connectivity index (χ0v) is 8.47. The molecule has 1 saturated carbocycles. The zero-order chi connectivity index (χ0) is 8.97. The van der Waals surface area contributed by atoms with Crippen LogP contribution in [0.2, 0.25) is 0 Å². The van der Waals surface area contributed by atoms with Gasteiger partial charge in [0, 0.05) is 19.2 Å². The van der Waals surface area contributed by atoms with Crippen molar-refractivity contribution in [2.45, 2.75) is 57.7 Å².